The van der Waals surface area contributed by atoms with Crippen LogP contribution in [0.2, 0.25) is 5.02 Å². The molecule has 0 unspecified atom stereocenters. The predicted octanol–water partition coefficient (Wildman–Crippen LogP) is 3.52. The Morgan fingerprint density at radius 1 is 1.12 bits per heavy atom. The molecule has 1 aromatic carbocycles. The van der Waals surface area contributed by atoms with Crippen molar-refractivity contribution in [3.05, 3.63) is 58.9 Å². The maximum atomic E-state index is 12.6. The van der Waals surface area contributed by atoms with E-state index >= 15 is 0 Å². The molecular weight excluding hydrogens is 462 g/mol. The Labute approximate surface area is 203 Å². The minimum absolute atomic E-state index is 0.0863. The molecule has 10 heteroatoms. The molecule has 1 saturated heterocycles. The first-order chi connectivity index (χ1) is 16.1. The number of aromatic nitrogens is 2. The van der Waals surface area contributed by atoms with Gasteiger partial charge in [-0.05, 0) is 70.0 Å². The molecule has 1 fully saturated rings. The van der Waals surface area contributed by atoms with Gasteiger partial charge in [-0.1, -0.05) is 11.6 Å². The van der Waals surface area contributed by atoms with Gasteiger partial charge in [-0.2, -0.15) is 0 Å². The highest BCUT2D eigenvalue weighted by molar-refractivity contribution is 6.30. The van der Waals surface area contributed by atoms with E-state index in [4.69, 9.17) is 26.6 Å². The maximum Gasteiger partial charge on any atom is 0.328 e. The third kappa shape index (κ3) is 8.31. The van der Waals surface area contributed by atoms with E-state index < -0.39 is 11.9 Å². The van der Waals surface area contributed by atoms with Crippen molar-refractivity contribution in [1.82, 2.24) is 14.5 Å². The predicted molar refractivity (Wildman–Crippen MR) is 127 cm³/mol. The molecule has 2 aromatic rings. The summed E-state index contributed by atoms with van der Waals surface area (Å²) in [6.07, 6.45) is 4.97. The van der Waals surface area contributed by atoms with Gasteiger partial charge < -0.3 is 19.8 Å². The molecule has 0 bridgehead atoms. The van der Waals surface area contributed by atoms with Gasteiger partial charge in [-0.3, -0.25) is 9.36 Å². The van der Waals surface area contributed by atoms with E-state index in [-0.39, 0.29) is 5.78 Å². The number of benzene rings is 1. The number of imidazole rings is 1. The van der Waals surface area contributed by atoms with Crippen LogP contribution in [0.1, 0.15) is 42.7 Å². The summed E-state index contributed by atoms with van der Waals surface area (Å²) in [5, 5.41) is 16.2. The van der Waals surface area contributed by atoms with Crippen LogP contribution >= 0.6 is 11.6 Å². The number of nitrogens with zero attached hydrogens (tertiary/aromatic N) is 3. The minimum atomic E-state index is -1.26. The molecule has 0 aliphatic carbocycles. The van der Waals surface area contributed by atoms with Gasteiger partial charge >= 0.3 is 11.9 Å². The van der Waals surface area contributed by atoms with Crippen LogP contribution in [0.3, 0.4) is 0 Å². The first-order valence-electron chi connectivity index (χ1n) is 10.9. The van der Waals surface area contributed by atoms with E-state index in [9.17, 15) is 14.4 Å². The Morgan fingerprint density at radius 3 is 2.18 bits per heavy atom. The fourth-order valence-electron chi connectivity index (χ4n) is 3.46. The van der Waals surface area contributed by atoms with E-state index in [0.717, 1.165) is 25.9 Å². The summed E-state index contributed by atoms with van der Waals surface area (Å²) >= 11 is 5.89. The lowest BCUT2D eigenvalue weighted by molar-refractivity contribution is -0.134. The number of carboxylic acids is 2. The summed E-state index contributed by atoms with van der Waals surface area (Å²) in [6, 6.07) is 7.97. The van der Waals surface area contributed by atoms with Crippen LogP contribution in [-0.4, -0.2) is 68.1 Å². The number of hydrogen-bond donors (Lipinski definition) is 2. The van der Waals surface area contributed by atoms with E-state index in [1.165, 1.54) is 0 Å². The van der Waals surface area contributed by atoms with E-state index in [0.29, 0.717) is 53.0 Å². The van der Waals surface area contributed by atoms with Crippen molar-refractivity contribution in [3.63, 3.8) is 0 Å². The van der Waals surface area contributed by atoms with Crippen LogP contribution in [0.5, 0.6) is 6.01 Å². The topological polar surface area (TPSA) is 122 Å². The zero-order chi connectivity index (χ0) is 25.3. The van der Waals surface area contributed by atoms with Crippen molar-refractivity contribution in [1.29, 1.82) is 0 Å². The summed E-state index contributed by atoms with van der Waals surface area (Å²) in [7, 11) is 1.81. The smallest absolute Gasteiger partial charge is 0.328 e. The normalized spacial score (nSPS) is 14.6. The molecule has 1 aliphatic heterocycles. The maximum absolute atomic E-state index is 12.6. The van der Waals surface area contributed by atoms with Crippen LogP contribution < -0.4 is 4.74 Å². The molecule has 0 saturated carbocycles. The Bertz CT molecular complexity index is 992. The molecule has 34 heavy (non-hydrogen) atoms. The van der Waals surface area contributed by atoms with Crippen LogP contribution in [-0.2, 0) is 16.6 Å². The molecule has 0 atom stereocenters. The summed E-state index contributed by atoms with van der Waals surface area (Å²) < 4.78 is 7.64. The van der Waals surface area contributed by atoms with Crippen molar-refractivity contribution in [3.8, 4) is 6.01 Å². The second-order valence-electron chi connectivity index (χ2n) is 8.21. The number of ketones is 1. The van der Waals surface area contributed by atoms with Crippen molar-refractivity contribution in [2.75, 3.05) is 19.7 Å². The molecule has 3 rings (SSSR count). The SMILES string of the molecule is CC(C)N1CCC(COc2ncc(C(=O)c3ccc(Cl)cc3)n2C)CC1.O=C(O)C=CC(=O)O. The number of piperidine rings is 1. The highest BCUT2D eigenvalue weighted by Gasteiger charge is 2.22. The lowest BCUT2D eigenvalue weighted by Gasteiger charge is -2.34. The van der Waals surface area contributed by atoms with Gasteiger partial charge in [0.15, 0.2) is 0 Å². The zero-order valence-electron chi connectivity index (χ0n) is 19.5. The number of carbonyl (C=O) groups is 3. The minimum Gasteiger partial charge on any atom is -0.478 e. The van der Waals surface area contributed by atoms with Crippen LogP contribution in [0.25, 0.3) is 0 Å². The summed E-state index contributed by atoms with van der Waals surface area (Å²) in [6.45, 7) is 7.36. The second-order valence-corrected chi connectivity index (χ2v) is 8.65. The van der Waals surface area contributed by atoms with E-state index in [1.807, 2.05) is 7.05 Å². The lowest BCUT2D eigenvalue weighted by atomic mass is 9.97. The monoisotopic (exact) mass is 491 g/mol. The molecule has 0 spiro atoms. The number of carboxylic acid groups (broad SMARTS) is 2. The van der Waals surface area contributed by atoms with E-state index in [1.54, 1.807) is 35.0 Å². The molecule has 1 aliphatic rings. The molecule has 1 aromatic heterocycles. The van der Waals surface area contributed by atoms with E-state index in [2.05, 4.69) is 23.7 Å². The third-order valence-corrected chi connectivity index (χ3v) is 5.73. The number of likely N-dealkylation sites (tertiary alicyclic amines) is 1. The van der Waals surface area contributed by atoms with Gasteiger partial charge in [-0.25, -0.2) is 14.6 Å². The van der Waals surface area contributed by atoms with Crippen molar-refractivity contribution >= 4 is 29.3 Å². The average Bonchev–Trinajstić information content (AvgIpc) is 3.17. The van der Waals surface area contributed by atoms with Crippen LogP contribution in [0.15, 0.2) is 42.6 Å². The number of aliphatic carboxylic acids is 2. The van der Waals surface area contributed by atoms with Gasteiger partial charge in [0.1, 0.15) is 5.69 Å². The molecule has 0 radical (unpaired) electrons. The van der Waals surface area contributed by atoms with Gasteiger partial charge in [-0.15, -0.1) is 0 Å². The quantitative estimate of drug-likeness (QED) is 0.425. The Kier molecular flexibility index (Phi) is 10.3. The van der Waals surface area contributed by atoms with Crippen molar-refractivity contribution in [2.24, 2.45) is 13.0 Å². The third-order valence-electron chi connectivity index (χ3n) is 5.48. The van der Waals surface area contributed by atoms with Crippen LogP contribution in [0, 0.1) is 5.92 Å². The molecule has 2 N–H and O–H groups in total. The van der Waals surface area contributed by atoms with Crippen LogP contribution in [0.4, 0.5) is 0 Å². The van der Waals surface area contributed by atoms with Gasteiger partial charge in [0.25, 0.3) is 6.01 Å². The van der Waals surface area contributed by atoms with Gasteiger partial charge in [0.05, 0.1) is 12.8 Å². The summed E-state index contributed by atoms with van der Waals surface area (Å²) in [5.41, 5.74) is 1.10. The fraction of sp³-hybridized carbons (Fsp3) is 0.417. The van der Waals surface area contributed by atoms with Gasteiger partial charge in [0, 0.05) is 35.8 Å². The average molecular weight is 492 g/mol. The Balaban J connectivity index is 0.000000440. The molecular formula is C24H30ClN3O6. The summed E-state index contributed by atoms with van der Waals surface area (Å²) in [4.78, 5) is 38.5. The first-order valence-corrected chi connectivity index (χ1v) is 11.3. The van der Waals surface area contributed by atoms with Crippen molar-refractivity contribution < 1.29 is 29.3 Å². The number of ether oxygens (including phenoxy) is 1. The second kappa shape index (κ2) is 12.9. The molecule has 0 amide bonds. The number of halogens is 1. The van der Waals surface area contributed by atoms with Crippen molar-refractivity contribution in [2.45, 2.75) is 32.7 Å². The molecule has 9 nitrogen and oxygen atoms in total. The molecule has 2 heterocycles. The molecule has 184 valence electrons. The Morgan fingerprint density at radius 2 is 1.68 bits per heavy atom. The Hall–Kier alpha value is -3.17. The highest BCUT2D eigenvalue weighted by Crippen LogP contribution is 2.21. The summed E-state index contributed by atoms with van der Waals surface area (Å²) in [5.74, 6) is -2.06. The lowest BCUT2D eigenvalue weighted by Crippen LogP contribution is -2.39. The zero-order valence-corrected chi connectivity index (χ0v) is 20.2. The highest BCUT2D eigenvalue weighted by atomic mass is 35.5. The standard InChI is InChI=1S/C20H26ClN3O2.C4H4O4/c1-14(2)24-10-8-15(9-11-24)13-26-20-22-12-18(23(20)3)19(25)16-4-6-17(21)7-5-16;5-3(6)1-2-4(7)8/h4-7,12,14-15H,8-11,13H2,1-3H3;1-2H,(H,5,6)(H,7,8). The van der Waals surface area contributed by atoms with Gasteiger partial charge in [0.2, 0.25) is 5.78 Å². The number of rotatable bonds is 8. The largest absolute Gasteiger partial charge is 0.478 e. The number of hydrogen-bond acceptors (Lipinski definition) is 6. The first kappa shape index (κ1) is 27.1. The number of carbonyl (C=O) groups excluding carboxylic acids is 1. The fourth-order valence-corrected chi connectivity index (χ4v) is 3.58.